The fraction of sp³-hybridized carbons (Fsp3) is 0.381. The monoisotopic (exact) mass is 440 g/mol. The van der Waals surface area contributed by atoms with Crippen LogP contribution in [0.1, 0.15) is 30.1 Å². The van der Waals surface area contributed by atoms with Gasteiger partial charge in [-0.15, -0.1) is 0 Å². The third-order valence-electron chi connectivity index (χ3n) is 5.20. The van der Waals surface area contributed by atoms with Gasteiger partial charge in [-0.2, -0.15) is 0 Å². The molecule has 3 N–H and O–H groups in total. The number of halogens is 3. The van der Waals surface area contributed by atoms with Gasteiger partial charge >= 0.3 is 6.03 Å². The minimum atomic E-state index is -0.947. The maximum atomic E-state index is 13.7. The molecular formula is C21H23Cl2FN2O3. The number of carbonyl (C=O) groups excluding carboxylic acids is 1. The Hall–Kier alpha value is -1.86. The van der Waals surface area contributed by atoms with E-state index in [4.69, 9.17) is 27.9 Å². The van der Waals surface area contributed by atoms with Gasteiger partial charge in [0.05, 0.1) is 6.10 Å². The van der Waals surface area contributed by atoms with Crippen molar-refractivity contribution < 1.29 is 19.0 Å². The first-order valence-electron chi connectivity index (χ1n) is 9.37. The molecule has 1 heterocycles. The molecule has 29 heavy (non-hydrogen) atoms. The predicted molar refractivity (Wildman–Crippen MR) is 111 cm³/mol. The van der Waals surface area contributed by atoms with Crippen LogP contribution in [0.4, 0.5) is 9.18 Å². The molecule has 2 amide bonds. The highest BCUT2D eigenvalue weighted by Gasteiger charge is 2.35. The molecule has 1 saturated heterocycles. The van der Waals surface area contributed by atoms with Crippen LogP contribution in [0.3, 0.4) is 0 Å². The molecule has 1 fully saturated rings. The molecule has 0 spiro atoms. The molecule has 0 aliphatic carbocycles. The van der Waals surface area contributed by atoms with Crippen molar-refractivity contribution in [3.05, 3.63) is 69.5 Å². The average molecular weight is 441 g/mol. The van der Waals surface area contributed by atoms with Gasteiger partial charge in [0.1, 0.15) is 5.82 Å². The number of carbonyl (C=O) groups is 1. The summed E-state index contributed by atoms with van der Waals surface area (Å²) in [5.41, 5.74) is 0.967. The number of hydrogen-bond donors (Lipinski definition) is 3. The number of aliphatic hydroxyl groups is 1. The predicted octanol–water partition coefficient (Wildman–Crippen LogP) is 4.21. The first-order chi connectivity index (χ1) is 13.9. The summed E-state index contributed by atoms with van der Waals surface area (Å²) in [5.74, 6) is -0.305. The summed E-state index contributed by atoms with van der Waals surface area (Å²) in [5, 5.41) is 16.6. The highest BCUT2D eigenvalue weighted by atomic mass is 35.5. The van der Waals surface area contributed by atoms with Crippen molar-refractivity contribution in [1.29, 1.82) is 0 Å². The summed E-state index contributed by atoms with van der Waals surface area (Å²) >= 11 is 11.9. The van der Waals surface area contributed by atoms with Crippen LogP contribution >= 0.6 is 23.2 Å². The number of amides is 2. The molecule has 1 aliphatic rings. The van der Waals surface area contributed by atoms with Gasteiger partial charge in [0.2, 0.25) is 0 Å². The number of hydrogen-bond acceptors (Lipinski definition) is 3. The number of urea groups is 1. The van der Waals surface area contributed by atoms with E-state index in [2.05, 4.69) is 10.6 Å². The topological polar surface area (TPSA) is 70.6 Å². The second kappa shape index (κ2) is 9.76. The van der Waals surface area contributed by atoms with E-state index in [-0.39, 0.29) is 12.4 Å². The highest BCUT2D eigenvalue weighted by Crippen LogP contribution is 2.34. The molecule has 0 saturated carbocycles. The van der Waals surface area contributed by atoms with Crippen molar-refractivity contribution in [2.24, 2.45) is 0 Å². The van der Waals surface area contributed by atoms with Gasteiger partial charge in [-0.1, -0.05) is 35.3 Å². The van der Waals surface area contributed by atoms with Gasteiger partial charge in [-0.25, -0.2) is 9.18 Å². The summed E-state index contributed by atoms with van der Waals surface area (Å²) in [6.45, 7) is 1.44. The average Bonchev–Trinajstić information content (AvgIpc) is 2.70. The van der Waals surface area contributed by atoms with Gasteiger partial charge in [-0.05, 0) is 54.3 Å². The lowest BCUT2D eigenvalue weighted by molar-refractivity contribution is 0.0505. The van der Waals surface area contributed by atoms with Gasteiger partial charge in [0.25, 0.3) is 0 Å². The lowest BCUT2D eigenvalue weighted by Gasteiger charge is -2.38. The van der Waals surface area contributed by atoms with Gasteiger partial charge in [0.15, 0.2) is 0 Å². The van der Waals surface area contributed by atoms with Gasteiger partial charge < -0.3 is 20.5 Å². The summed E-state index contributed by atoms with van der Waals surface area (Å²) in [6.07, 6.45) is 0.415. The van der Waals surface area contributed by atoms with E-state index in [1.807, 2.05) is 6.07 Å². The Bertz CT molecular complexity index is 839. The summed E-state index contributed by atoms with van der Waals surface area (Å²) in [7, 11) is 0. The van der Waals surface area contributed by atoms with Crippen LogP contribution in [0.25, 0.3) is 0 Å². The zero-order valence-corrected chi connectivity index (χ0v) is 17.3. The number of benzene rings is 2. The molecule has 0 radical (unpaired) electrons. The fourth-order valence-corrected chi connectivity index (χ4v) is 4.08. The second-order valence-corrected chi connectivity index (χ2v) is 8.06. The van der Waals surface area contributed by atoms with E-state index in [1.165, 1.54) is 12.1 Å². The van der Waals surface area contributed by atoms with E-state index < -0.39 is 17.6 Å². The van der Waals surface area contributed by atoms with Gasteiger partial charge in [-0.3, -0.25) is 0 Å². The first-order valence-corrected chi connectivity index (χ1v) is 10.1. The van der Waals surface area contributed by atoms with Gasteiger partial charge in [0, 0.05) is 41.8 Å². The third kappa shape index (κ3) is 5.82. The van der Waals surface area contributed by atoms with E-state index in [0.717, 1.165) is 5.56 Å². The molecule has 5 nitrogen and oxygen atoms in total. The highest BCUT2D eigenvalue weighted by molar-refractivity contribution is 6.34. The van der Waals surface area contributed by atoms with Crippen LogP contribution in [0.2, 0.25) is 10.0 Å². The Labute approximate surface area is 179 Å². The fourth-order valence-electron chi connectivity index (χ4n) is 3.53. The molecule has 3 rings (SSSR count). The second-order valence-electron chi connectivity index (χ2n) is 7.19. The lowest BCUT2D eigenvalue weighted by atomic mass is 9.74. The van der Waals surface area contributed by atoms with Crippen LogP contribution in [0, 0.1) is 5.82 Å². The minimum Gasteiger partial charge on any atom is -0.387 e. The Kier molecular flexibility index (Phi) is 7.35. The third-order valence-corrected chi connectivity index (χ3v) is 5.64. The molecule has 2 aromatic carbocycles. The van der Waals surface area contributed by atoms with Crippen molar-refractivity contribution in [3.8, 4) is 0 Å². The minimum absolute atomic E-state index is 0.00141. The van der Waals surface area contributed by atoms with E-state index >= 15 is 0 Å². The standard InChI is InChI=1S/C21H23Cl2FN2O3/c22-16-8-14(9-17(23)11-16)19(27)12-25-20(28)26-13-21(4-6-29-7-5-21)15-2-1-3-18(24)10-15/h1-3,8-11,19,27H,4-7,12-13H2,(H2,25,26,28). The zero-order valence-electron chi connectivity index (χ0n) is 15.8. The molecule has 1 unspecified atom stereocenters. The SMILES string of the molecule is O=C(NCC(O)c1cc(Cl)cc(Cl)c1)NCC1(c2cccc(F)c2)CCOCC1. The summed E-state index contributed by atoms with van der Waals surface area (Å²) in [6, 6.07) is 10.8. The van der Waals surface area contributed by atoms with E-state index in [1.54, 1.807) is 24.3 Å². The van der Waals surface area contributed by atoms with Crippen molar-refractivity contribution in [3.63, 3.8) is 0 Å². The molecule has 1 atom stereocenters. The molecule has 1 aliphatic heterocycles. The summed E-state index contributed by atoms with van der Waals surface area (Å²) in [4.78, 5) is 12.3. The number of nitrogens with one attached hydrogen (secondary N) is 2. The van der Waals surface area contributed by atoms with Crippen molar-refractivity contribution in [2.45, 2.75) is 24.4 Å². The number of rotatable bonds is 6. The number of ether oxygens (including phenoxy) is 1. The smallest absolute Gasteiger partial charge is 0.314 e. The number of aliphatic hydroxyl groups excluding tert-OH is 1. The Balaban J connectivity index is 1.59. The molecule has 2 aromatic rings. The Morgan fingerprint density at radius 2 is 1.83 bits per heavy atom. The molecule has 0 aromatic heterocycles. The Morgan fingerprint density at radius 3 is 2.48 bits per heavy atom. The van der Waals surface area contributed by atoms with Crippen LogP contribution in [-0.2, 0) is 10.2 Å². The Morgan fingerprint density at radius 1 is 1.14 bits per heavy atom. The molecule has 8 heteroatoms. The normalized spacial score (nSPS) is 16.8. The van der Waals surface area contributed by atoms with E-state index in [0.29, 0.717) is 48.2 Å². The molecule has 156 valence electrons. The zero-order chi connectivity index (χ0) is 20.9. The van der Waals surface area contributed by atoms with Crippen molar-refractivity contribution >= 4 is 29.2 Å². The van der Waals surface area contributed by atoms with E-state index in [9.17, 15) is 14.3 Å². The lowest BCUT2D eigenvalue weighted by Crippen LogP contribution is -2.48. The van der Waals surface area contributed by atoms with Crippen LogP contribution < -0.4 is 10.6 Å². The maximum absolute atomic E-state index is 13.7. The van der Waals surface area contributed by atoms with Crippen molar-refractivity contribution in [1.82, 2.24) is 10.6 Å². The largest absolute Gasteiger partial charge is 0.387 e. The quantitative estimate of drug-likeness (QED) is 0.629. The molecular weight excluding hydrogens is 418 g/mol. The van der Waals surface area contributed by atoms with Crippen LogP contribution in [0.5, 0.6) is 0 Å². The summed E-state index contributed by atoms with van der Waals surface area (Å²) < 4.78 is 19.2. The van der Waals surface area contributed by atoms with Crippen molar-refractivity contribution in [2.75, 3.05) is 26.3 Å². The van der Waals surface area contributed by atoms with Crippen LogP contribution in [0.15, 0.2) is 42.5 Å². The molecule has 0 bridgehead atoms. The first kappa shape index (κ1) is 21.8. The van der Waals surface area contributed by atoms with Crippen LogP contribution in [-0.4, -0.2) is 37.4 Å². The maximum Gasteiger partial charge on any atom is 0.314 e.